The monoisotopic (exact) mass is 706 g/mol. The summed E-state index contributed by atoms with van der Waals surface area (Å²) >= 11 is 13.0. The Morgan fingerprint density at radius 3 is 2.06 bits per heavy atom. The molecule has 0 unspecified atom stereocenters. The van der Waals surface area contributed by atoms with Crippen LogP contribution in [0.1, 0.15) is 22.5 Å². The molecule has 0 spiro atoms. The lowest BCUT2D eigenvalue weighted by atomic mass is 10.1. The molecule has 0 saturated heterocycles. The van der Waals surface area contributed by atoms with Crippen LogP contribution in [0.25, 0.3) is 22.2 Å². The van der Waals surface area contributed by atoms with Crippen LogP contribution in [0.3, 0.4) is 0 Å². The highest BCUT2D eigenvalue weighted by Gasteiger charge is 2.15. The molecule has 7 nitrogen and oxygen atoms in total. The SMILES string of the molecule is N=C(c1ccc(OCc2cccc(F)c2)c(Cl)c1)c1ccc(-c2ccc3ncnc(Nc4ccc(OCc5cccc(F)c5)c(Cl)c4)c3c2)o1. The zero-order valence-corrected chi connectivity index (χ0v) is 27.6. The van der Waals surface area contributed by atoms with E-state index in [1.807, 2.05) is 24.3 Å². The summed E-state index contributed by atoms with van der Waals surface area (Å²) in [5, 5.41) is 13.5. The molecule has 0 radical (unpaired) electrons. The average molecular weight is 708 g/mol. The Hall–Kier alpha value is -5.77. The second-order valence-electron chi connectivity index (χ2n) is 11.2. The Balaban J connectivity index is 1.05. The van der Waals surface area contributed by atoms with Gasteiger partial charge in [-0.15, -0.1) is 0 Å². The van der Waals surface area contributed by atoms with Gasteiger partial charge in [-0.05, 0) is 102 Å². The Kier molecular flexibility index (Phi) is 9.42. The maximum absolute atomic E-state index is 13.5. The van der Waals surface area contributed by atoms with Gasteiger partial charge < -0.3 is 19.2 Å². The van der Waals surface area contributed by atoms with E-state index in [-0.39, 0.29) is 30.6 Å². The van der Waals surface area contributed by atoms with Gasteiger partial charge in [0.05, 0.1) is 15.6 Å². The van der Waals surface area contributed by atoms with E-state index in [0.29, 0.717) is 66.8 Å². The fourth-order valence-electron chi connectivity index (χ4n) is 5.26. The maximum atomic E-state index is 13.5. The third-order valence-electron chi connectivity index (χ3n) is 7.75. The zero-order chi connectivity index (χ0) is 34.6. The minimum Gasteiger partial charge on any atom is -0.487 e. The van der Waals surface area contributed by atoms with Gasteiger partial charge in [-0.1, -0.05) is 47.5 Å². The van der Waals surface area contributed by atoms with E-state index in [1.54, 1.807) is 66.7 Å². The predicted octanol–water partition coefficient (Wildman–Crippen LogP) is 10.8. The predicted molar refractivity (Wildman–Crippen MR) is 191 cm³/mol. The molecule has 0 aliphatic carbocycles. The molecule has 7 rings (SSSR count). The number of furan rings is 1. The van der Waals surface area contributed by atoms with Crippen LogP contribution in [0, 0.1) is 17.0 Å². The van der Waals surface area contributed by atoms with Crippen LogP contribution in [-0.2, 0) is 13.2 Å². The van der Waals surface area contributed by atoms with E-state index in [4.69, 9.17) is 42.5 Å². The molecule has 7 aromatic rings. The van der Waals surface area contributed by atoms with Gasteiger partial charge >= 0.3 is 0 Å². The van der Waals surface area contributed by atoms with E-state index >= 15 is 0 Å². The number of aromatic nitrogens is 2. The number of nitrogens with one attached hydrogen (secondary N) is 2. The Bertz CT molecular complexity index is 2370. The molecular weight excluding hydrogens is 681 g/mol. The van der Waals surface area contributed by atoms with Crippen LogP contribution in [0.4, 0.5) is 20.3 Å². The molecule has 2 heterocycles. The summed E-state index contributed by atoms with van der Waals surface area (Å²) in [5.74, 6) is 1.66. The van der Waals surface area contributed by atoms with Crippen molar-refractivity contribution in [1.29, 1.82) is 5.41 Å². The third kappa shape index (κ3) is 7.44. The van der Waals surface area contributed by atoms with Crippen molar-refractivity contribution in [3.63, 3.8) is 0 Å². The molecule has 2 N–H and O–H groups in total. The summed E-state index contributed by atoms with van der Waals surface area (Å²) in [5.41, 5.74) is 4.19. The number of nitrogens with zero attached hydrogens (tertiary/aromatic N) is 2. The van der Waals surface area contributed by atoms with Gasteiger partial charge in [0.15, 0.2) is 5.76 Å². The van der Waals surface area contributed by atoms with Crippen LogP contribution in [0.15, 0.2) is 126 Å². The summed E-state index contributed by atoms with van der Waals surface area (Å²) in [6.07, 6.45) is 1.47. The van der Waals surface area contributed by atoms with Gasteiger partial charge in [0, 0.05) is 22.2 Å². The number of ether oxygens (including phenoxy) is 2. The largest absolute Gasteiger partial charge is 0.487 e. The van der Waals surface area contributed by atoms with Crippen LogP contribution in [0.2, 0.25) is 10.0 Å². The molecule has 0 atom stereocenters. The van der Waals surface area contributed by atoms with Crippen molar-refractivity contribution < 1.29 is 22.7 Å². The van der Waals surface area contributed by atoms with Gasteiger partial charge in [-0.2, -0.15) is 0 Å². The van der Waals surface area contributed by atoms with E-state index < -0.39 is 0 Å². The van der Waals surface area contributed by atoms with Crippen molar-refractivity contribution in [2.75, 3.05) is 5.32 Å². The fraction of sp³-hybridized carbons (Fsp3) is 0.0513. The summed E-state index contributed by atoms with van der Waals surface area (Å²) in [6, 6.07) is 31.8. The van der Waals surface area contributed by atoms with Crippen LogP contribution in [-0.4, -0.2) is 15.7 Å². The van der Waals surface area contributed by atoms with Gasteiger partial charge in [0.25, 0.3) is 0 Å². The lowest BCUT2D eigenvalue weighted by molar-refractivity contribution is 0.305. The first kappa shape index (κ1) is 32.8. The Labute approximate surface area is 295 Å². The summed E-state index contributed by atoms with van der Waals surface area (Å²) < 4.78 is 44.7. The van der Waals surface area contributed by atoms with Crippen LogP contribution >= 0.6 is 23.2 Å². The van der Waals surface area contributed by atoms with Crippen molar-refractivity contribution in [3.05, 3.63) is 166 Å². The fourth-order valence-corrected chi connectivity index (χ4v) is 5.73. The molecule has 0 aliphatic heterocycles. The zero-order valence-electron chi connectivity index (χ0n) is 26.1. The number of halogens is 4. The molecule has 50 heavy (non-hydrogen) atoms. The number of hydrogen-bond donors (Lipinski definition) is 2. The molecular formula is C39H26Cl2F2N4O3. The van der Waals surface area contributed by atoms with E-state index in [1.165, 1.54) is 30.6 Å². The van der Waals surface area contributed by atoms with Gasteiger partial charge in [-0.25, -0.2) is 18.7 Å². The number of hydrogen-bond acceptors (Lipinski definition) is 7. The van der Waals surface area contributed by atoms with Crippen molar-refractivity contribution in [1.82, 2.24) is 9.97 Å². The molecule has 0 amide bonds. The lowest BCUT2D eigenvalue weighted by Gasteiger charge is -2.12. The minimum atomic E-state index is -0.341. The standard InChI is InChI=1S/C39H26Cl2F2N4O3/c40-31-18-26(8-11-35(31)48-20-23-3-1-5-27(42)15-23)38(44)37-14-13-34(50-37)25-7-10-33-30(17-25)39(46-22-45-33)47-29-9-12-36(32(41)19-29)49-21-24-4-2-6-28(43)16-24/h1-19,22,44H,20-21H2,(H,45,46,47). The first-order valence-corrected chi connectivity index (χ1v) is 16.1. The first-order valence-electron chi connectivity index (χ1n) is 15.3. The van der Waals surface area contributed by atoms with Gasteiger partial charge in [0.1, 0.15) is 60.0 Å². The van der Waals surface area contributed by atoms with E-state index in [2.05, 4.69) is 15.3 Å². The molecule has 248 valence electrons. The van der Waals surface area contributed by atoms with Crippen molar-refractivity contribution in [2.45, 2.75) is 13.2 Å². The van der Waals surface area contributed by atoms with Gasteiger partial charge in [0.2, 0.25) is 0 Å². The van der Waals surface area contributed by atoms with E-state index in [9.17, 15) is 8.78 Å². The van der Waals surface area contributed by atoms with Crippen molar-refractivity contribution in [2.24, 2.45) is 0 Å². The summed E-state index contributed by atoms with van der Waals surface area (Å²) in [6.45, 7) is 0.323. The number of rotatable bonds is 11. The molecule has 0 bridgehead atoms. The second-order valence-corrected chi connectivity index (χ2v) is 12.1. The van der Waals surface area contributed by atoms with Crippen molar-refractivity contribution >= 4 is 51.3 Å². The van der Waals surface area contributed by atoms with Crippen LogP contribution < -0.4 is 14.8 Å². The lowest BCUT2D eigenvalue weighted by Crippen LogP contribution is -2.01. The quantitative estimate of drug-likeness (QED) is 0.130. The number of anilines is 2. The van der Waals surface area contributed by atoms with E-state index in [0.717, 1.165) is 10.9 Å². The number of benzene rings is 5. The highest BCUT2D eigenvalue weighted by molar-refractivity contribution is 6.33. The minimum absolute atomic E-state index is 0.140. The van der Waals surface area contributed by atoms with Gasteiger partial charge in [-0.3, -0.25) is 5.41 Å². The highest BCUT2D eigenvalue weighted by atomic mass is 35.5. The maximum Gasteiger partial charge on any atom is 0.153 e. The second kappa shape index (κ2) is 14.4. The molecule has 0 aliphatic rings. The molecule has 0 saturated carbocycles. The van der Waals surface area contributed by atoms with Crippen LogP contribution in [0.5, 0.6) is 11.5 Å². The normalized spacial score (nSPS) is 11.0. The molecule has 0 fully saturated rings. The molecule has 5 aromatic carbocycles. The Morgan fingerprint density at radius 1 is 0.720 bits per heavy atom. The van der Waals surface area contributed by atoms with Crippen molar-refractivity contribution in [3.8, 4) is 22.8 Å². The number of fused-ring (bicyclic) bond motifs is 1. The Morgan fingerprint density at radius 2 is 1.40 bits per heavy atom. The third-order valence-corrected chi connectivity index (χ3v) is 8.34. The highest BCUT2D eigenvalue weighted by Crippen LogP contribution is 2.34. The summed E-state index contributed by atoms with van der Waals surface area (Å²) in [4.78, 5) is 8.86. The smallest absolute Gasteiger partial charge is 0.153 e. The summed E-state index contributed by atoms with van der Waals surface area (Å²) in [7, 11) is 0. The topological polar surface area (TPSA) is 93.3 Å². The first-order chi connectivity index (χ1) is 24.3. The molecule has 2 aromatic heterocycles. The average Bonchev–Trinajstić information content (AvgIpc) is 3.61. The molecule has 11 heteroatoms.